The highest BCUT2D eigenvalue weighted by atomic mass is 32.2. The van der Waals surface area contributed by atoms with E-state index in [9.17, 15) is 8.42 Å². The van der Waals surface area contributed by atoms with Crippen molar-refractivity contribution in [2.75, 3.05) is 6.79 Å². The Morgan fingerprint density at radius 2 is 1.83 bits per heavy atom. The van der Waals surface area contributed by atoms with Crippen LogP contribution in [0.25, 0.3) is 0 Å². The minimum absolute atomic E-state index is 0.179. The lowest BCUT2D eigenvalue weighted by Gasteiger charge is -2.08. The molecule has 24 heavy (non-hydrogen) atoms. The number of rotatable bonds is 5. The maximum absolute atomic E-state index is 12.3. The Kier molecular flexibility index (Phi) is 4.44. The van der Waals surface area contributed by atoms with Gasteiger partial charge in [0.25, 0.3) is 10.0 Å². The summed E-state index contributed by atoms with van der Waals surface area (Å²) in [5.41, 5.74) is 2.39. The first kappa shape index (κ1) is 16.3. The van der Waals surface area contributed by atoms with Gasteiger partial charge in [-0.15, -0.1) is 0 Å². The molecule has 6 nitrogen and oxygen atoms in total. The predicted molar refractivity (Wildman–Crippen MR) is 90.9 cm³/mol. The molecule has 0 saturated carbocycles. The summed E-state index contributed by atoms with van der Waals surface area (Å²) in [5, 5.41) is 4.09. The van der Waals surface area contributed by atoms with Crippen LogP contribution in [0, 0.1) is 6.92 Å². The number of aryl methyl sites for hydroxylation is 1. The largest absolute Gasteiger partial charge is 0.454 e. The van der Waals surface area contributed by atoms with Gasteiger partial charge in [-0.25, -0.2) is 0 Å². The van der Waals surface area contributed by atoms with Crippen LogP contribution in [0.4, 0.5) is 0 Å². The van der Waals surface area contributed by atoms with Gasteiger partial charge in [-0.1, -0.05) is 24.6 Å². The lowest BCUT2D eigenvalue weighted by molar-refractivity contribution is 0.174. The second-order valence-electron chi connectivity index (χ2n) is 5.39. The highest BCUT2D eigenvalue weighted by Crippen LogP contribution is 2.32. The van der Waals surface area contributed by atoms with Gasteiger partial charge in [0.1, 0.15) is 0 Å². The molecular formula is C17H18N2O4S. The van der Waals surface area contributed by atoms with Gasteiger partial charge < -0.3 is 9.47 Å². The normalized spacial score (nSPS) is 13.8. The zero-order chi connectivity index (χ0) is 17.2. The lowest BCUT2D eigenvalue weighted by atomic mass is 10.1. The second kappa shape index (κ2) is 6.52. The zero-order valence-electron chi connectivity index (χ0n) is 13.4. The van der Waals surface area contributed by atoms with Crippen molar-refractivity contribution in [3.8, 4) is 11.5 Å². The molecule has 2 aromatic carbocycles. The van der Waals surface area contributed by atoms with Crippen molar-refractivity contribution < 1.29 is 17.9 Å². The monoisotopic (exact) mass is 346 g/mol. The maximum Gasteiger partial charge on any atom is 0.276 e. The summed E-state index contributed by atoms with van der Waals surface area (Å²) in [5.74, 6) is 1.31. The quantitative estimate of drug-likeness (QED) is 0.667. The van der Waals surface area contributed by atoms with E-state index in [1.807, 2.05) is 19.9 Å². The summed E-state index contributed by atoms with van der Waals surface area (Å²) < 4.78 is 35.3. The Morgan fingerprint density at radius 1 is 1.12 bits per heavy atom. The molecule has 0 saturated heterocycles. The Balaban J connectivity index is 1.84. The lowest BCUT2D eigenvalue weighted by Crippen LogP contribution is -2.20. The van der Waals surface area contributed by atoms with E-state index >= 15 is 0 Å². The standard InChI is InChI=1S/C17H18N2O4S/c1-3-15(13-6-9-16-17(10-13)23-11-22-16)18-19-24(20,21)14-7-4-12(2)5-8-14/h4-10,19H,3,11H2,1-2H3/b18-15+. The van der Waals surface area contributed by atoms with E-state index in [0.29, 0.717) is 23.6 Å². The van der Waals surface area contributed by atoms with Gasteiger partial charge in [-0.05, 0) is 43.7 Å². The molecule has 0 spiro atoms. The number of fused-ring (bicyclic) bond motifs is 1. The van der Waals surface area contributed by atoms with Crippen molar-refractivity contribution in [3.05, 3.63) is 53.6 Å². The van der Waals surface area contributed by atoms with Gasteiger partial charge in [0.15, 0.2) is 11.5 Å². The molecule has 0 radical (unpaired) electrons. The van der Waals surface area contributed by atoms with Gasteiger partial charge in [-0.3, -0.25) is 0 Å². The number of hydrogen-bond donors (Lipinski definition) is 1. The van der Waals surface area contributed by atoms with E-state index in [2.05, 4.69) is 9.93 Å². The number of hydrazone groups is 1. The van der Waals surface area contributed by atoms with Gasteiger partial charge in [-0.2, -0.15) is 18.4 Å². The van der Waals surface area contributed by atoms with E-state index < -0.39 is 10.0 Å². The van der Waals surface area contributed by atoms with Crippen molar-refractivity contribution >= 4 is 15.7 Å². The molecule has 1 aliphatic heterocycles. The third-order valence-electron chi connectivity index (χ3n) is 3.67. The third kappa shape index (κ3) is 3.35. The molecule has 0 amide bonds. The topological polar surface area (TPSA) is 77.0 Å². The Morgan fingerprint density at radius 3 is 2.54 bits per heavy atom. The molecule has 1 N–H and O–H groups in total. The number of benzene rings is 2. The summed E-state index contributed by atoms with van der Waals surface area (Å²) in [7, 11) is -3.70. The van der Waals surface area contributed by atoms with Crippen LogP contribution in [0.1, 0.15) is 24.5 Å². The molecule has 2 aromatic rings. The Labute approximate surface area is 141 Å². The van der Waals surface area contributed by atoms with Crippen LogP contribution in [0.15, 0.2) is 52.5 Å². The predicted octanol–water partition coefficient (Wildman–Crippen LogP) is 2.82. The average molecular weight is 346 g/mol. The zero-order valence-corrected chi connectivity index (χ0v) is 14.3. The number of nitrogens with one attached hydrogen (secondary N) is 1. The summed E-state index contributed by atoms with van der Waals surface area (Å²) in [6, 6.07) is 12.0. The van der Waals surface area contributed by atoms with Crippen molar-refractivity contribution in [2.45, 2.75) is 25.2 Å². The number of hydrogen-bond acceptors (Lipinski definition) is 5. The molecule has 0 unspecified atom stereocenters. The highest BCUT2D eigenvalue weighted by molar-refractivity contribution is 7.89. The molecular weight excluding hydrogens is 328 g/mol. The summed E-state index contributed by atoms with van der Waals surface area (Å²) in [4.78, 5) is 2.48. The van der Waals surface area contributed by atoms with E-state index in [0.717, 1.165) is 11.1 Å². The maximum atomic E-state index is 12.3. The fraction of sp³-hybridized carbons (Fsp3) is 0.235. The number of ether oxygens (including phenoxy) is 2. The molecule has 0 aliphatic carbocycles. The molecule has 0 atom stereocenters. The highest BCUT2D eigenvalue weighted by Gasteiger charge is 2.16. The minimum atomic E-state index is -3.70. The van der Waals surface area contributed by atoms with E-state index in [-0.39, 0.29) is 11.7 Å². The van der Waals surface area contributed by atoms with E-state index in [1.165, 1.54) is 0 Å². The number of sulfonamides is 1. The minimum Gasteiger partial charge on any atom is -0.454 e. The van der Waals surface area contributed by atoms with Crippen molar-refractivity contribution in [3.63, 3.8) is 0 Å². The van der Waals surface area contributed by atoms with Crippen LogP contribution in [0.5, 0.6) is 11.5 Å². The fourth-order valence-electron chi connectivity index (χ4n) is 2.31. The molecule has 7 heteroatoms. The van der Waals surface area contributed by atoms with E-state index in [1.54, 1.807) is 36.4 Å². The number of nitrogens with zero attached hydrogens (tertiary/aromatic N) is 1. The van der Waals surface area contributed by atoms with Gasteiger partial charge in [0.2, 0.25) is 6.79 Å². The smallest absolute Gasteiger partial charge is 0.276 e. The van der Waals surface area contributed by atoms with Crippen molar-refractivity contribution in [1.82, 2.24) is 4.83 Å². The summed E-state index contributed by atoms with van der Waals surface area (Å²) in [6.45, 7) is 4.00. The SMILES string of the molecule is CC/C(=N\NS(=O)(=O)c1ccc(C)cc1)c1ccc2c(c1)OCO2. The Hall–Kier alpha value is -2.54. The first-order valence-corrected chi connectivity index (χ1v) is 9.03. The molecule has 1 aliphatic rings. The molecule has 0 bridgehead atoms. The van der Waals surface area contributed by atoms with Crippen LogP contribution < -0.4 is 14.3 Å². The molecule has 0 fully saturated rings. The fourth-order valence-corrected chi connectivity index (χ4v) is 3.14. The first-order chi connectivity index (χ1) is 11.5. The molecule has 126 valence electrons. The third-order valence-corrected chi connectivity index (χ3v) is 4.90. The average Bonchev–Trinajstić information content (AvgIpc) is 3.03. The van der Waals surface area contributed by atoms with Gasteiger partial charge >= 0.3 is 0 Å². The van der Waals surface area contributed by atoms with Crippen LogP contribution in [-0.4, -0.2) is 20.9 Å². The van der Waals surface area contributed by atoms with Crippen LogP contribution >= 0.6 is 0 Å². The second-order valence-corrected chi connectivity index (χ2v) is 7.05. The molecule has 1 heterocycles. The van der Waals surface area contributed by atoms with Crippen LogP contribution in [0.3, 0.4) is 0 Å². The Bertz CT molecular complexity index is 874. The first-order valence-electron chi connectivity index (χ1n) is 7.54. The van der Waals surface area contributed by atoms with Crippen molar-refractivity contribution in [2.24, 2.45) is 5.10 Å². The summed E-state index contributed by atoms with van der Waals surface area (Å²) >= 11 is 0. The summed E-state index contributed by atoms with van der Waals surface area (Å²) in [6.07, 6.45) is 0.566. The van der Waals surface area contributed by atoms with Crippen LogP contribution in [-0.2, 0) is 10.0 Å². The van der Waals surface area contributed by atoms with Gasteiger partial charge in [0.05, 0.1) is 10.6 Å². The van der Waals surface area contributed by atoms with Crippen molar-refractivity contribution in [1.29, 1.82) is 0 Å². The molecule has 0 aromatic heterocycles. The molecule has 3 rings (SSSR count). The van der Waals surface area contributed by atoms with Gasteiger partial charge in [0, 0.05) is 5.56 Å². The van der Waals surface area contributed by atoms with Crippen LogP contribution in [0.2, 0.25) is 0 Å². The van der Waals surface area contributed by atoms with E-state index in [4.69, 9.17) is 9.47 Å².